The molecule has 0 radical (unpaired) electrons. The fourth-order valence-corrected chi connectivity index (χ4v) is 3.01. The van der Waals surface area contributed by atoms with Crippen molar-refractivity contribution in [2.75, 3.05) is 18.5 Å². The molecule has 0 aliphatic heterocycles. The van der Waals surface area contributed by atoms with Crippen molar-refractivity contribution in [1.82, 2.24) is 10.2 Å². The van der Waals surface area contributed by atoms with Crippen LogP contribution in [0.2, 0.25) is 0 Å². The zero-order valence-electron chi connectivity index (χ0n) is 18.2. The molecule has 7 heteroatoms. The Hall–Kier alpha value is -3.19. The minimum atomic E-state index is -0.840. The predicted octanol–water partition coefficient (Wildman–Crippen LogP) is 5.10. The van der Waals surface area contributed by atoms with Gasteiger partial charge in [-0.05, 0) is 40.7 Å². The maximum absolute atomic E-state index is 10.5. The molecule has 3 rings (SSSR count). The number of carboxylic acid groups (broad SMARTS) is 1. The average molecular weight is 424 g/mol. The molecule has 0 saturated heterocycles. The molecule has 0 bridgehead atoms. The van der Waals surface area contributed by atoms with E-state index in [-0.39, 0.29) is 18.4 Å². The van der Waals surface area contributed by atoms with E-state index in [1.165, 1.54) is 0 Å². The Morgan fingerprint density at radius 1 is 1.00 bits per heavy atom. The molecule has 1 aromatic heterocycles. The third kappa shape index (κ3) is 7.53. The van der Waals surface area contributed by atoms with Gasteiger partial charge in [-0.2, -0.15) is 0 Å². The molecule has 0 atom stereocenters. The summed E-state index contributed by atoms with van der Waals surface area (Å²) in [6.45, 7) is 7.15. The third-order valence-electron chi connectivity index (χ3n) is 4.57. The maximum atomic E-state index is 10.5. The van der Waals surface area contributed by atoms with E-state index in [0.29, 0.717) is 18.5 Å². The van der Waals surface area contributed by atoms with Crippen LogP contribution in [0.1, 0.15) is 38.6 Å². The number of nitrogens with one attached hydrogen (secondary N) is 1. The Kier molecular flexibility index (Phi) is 7.41. The number of benzene rings is 2. The normalized spacial score (nSPS) is 11.5. The summed E-state index contributed by atoms with van der Waals surface area (Å²) in [5, 5.41) is 19.9. The van der Waals surface area contributed by atoms with Gasteiger partial charge in [-0.25, -0.2) is 0 Å². The molecule has 0 fully saturated rings. The van der Waals surface area contributed by atoms with Crippen molar-refractivity contribution in [2.45, 2.75) is 40.0 Å². The number of hydrogen-bond donors (Lipinski definition) is 2. The first-order valence-electron chi connectivity index (χ1n) is 10.4. The van der Waals surface area contributed by atoms with Crippen LogP contribution >= 0.6 is 0 Å². The SMILES string of the molecule is CC(C)(C)Cc1nnc(Nc2ccc(-c3ccc(CCOCCC(=O)O)cc3)cc2)o1. The van der Waals surface area contributed by atoms with Crippen LogP contribution in [-0.2, 0) is 22.4 Å². The number of rotatable bonds is 10. The number of hydrogen-bond acceptors (Lipinski definition) is 6. The topological polar surface area (TPSA) is 97.5 Å². The van der Waals surface area contributed by atoms with Gasteiger partial charge in [0.1, 0.15) is 0 Å². The van der Waals surface area contributed by atoms with Gasteiger partial charge < -0.3 is 19.6 Å². The number of anilines is 2. The van der Waals surface area contributed by atoms with Crippen molar-refractivity contribution in [3.63, 3.8) is 0 Å². The Morgan fingerprint density at radius 3 is 2.26 bits per heavy atom. The van der Waals surface area contributed by atoms with Crippen molar-refractivity contribution in [1.29, 1.82) is 0 Å². The highest BCUT2D eigenvalue weighted by atomic mass is 16.5. The third-order valence-corrected chi connectivity index (χ3v) is 4.57. The largest absolute Gasteiger partial charge is 0.481 e. The Balaban J connectivity index is 1.52. The van der Waals surface area contributed by atoms with E-state index < -0.39 is 5.97 Å². The standard InChI is InChI=1S/C24H29N3O4/c1-24(2,3)16-21-26-27-23(31-21)25-20-10-8-19(9-11-20)18-6-4-17(5-7-18)12-14-30-15-13-22(28)29/h4-11H,12-16H2,1-3H3,(H,25,27)(H,28,29). The summed E-state index contributed by atoms with van der Waals surface area (Å²) in [5.74, 6) is -0.216. The second kappa shape index (κ2) is 10.2. The van der Waals surface area contributed by atoms with Gasteiger partial charge in [-0.3, -0.25) is 4.79 Å². The Labute approximate surface area is 182 Å². The van der Waals surface area contributed by atoms with Crippen molar-refractivity contribution < 1.29 is 19.1 Å². The molecule has 0 unspecified atom stereocenters. The van der Waals surface area contributed by atoms with Gasteiger partial charge in [0.25, 0.3) is 0 Å². The van der Waals surface area contributed by atoms with Crippen LogP contribution in [-0.4, -0.2) is 34.5 Å². The summed E-state index contributed by atoms with van der Waals surface area (Å²) < 4.78 is 11.0. The first kappa shape index (κ1) is 22.5. The van der Waals surface area contributed by atoms with Gasteiger partial charge in [0, 0.05) is 12.1 Å². The molecule has 2 aromatic carbocycles. The quantitative estimate of drug-likeness (QED) is 0.438. The van der Waals surface area contributed by atoms with E-state index in [1.807, 2.05) is 24.3 Å². The lowest BCUT2D eigenvalue weighted by Gasteiger charge is -2.14. The van der Waals surface area contributed by atoms with Gasteiger partial charge in [0.05, 0.1) is 19.6 Å². The second-order valence-corrected chi connectivity index (χ2v) is 8.64. The molecule has 1 heterocycles. The average Bonchev–Trinajstić information content (AvgIpc) is 3.13. The molecule has 0 amide bonds. The number of aliphatic carboxylic acids is 1. The minimum Gasteiger partial charge on any atom is -0.481 e. The summed E-state index contributed by atoms with van der Waals surface area (Å²) in [6.07, 6.45) is 1.52. The van der Waals surface area contributed by atoms with Crippen LogP contribution in [0.4, 0.5) is 11.7 Å². The van der Waals surface area contributed by atoms with Gasteiger partial charge in [0.2, 0.25) is 5.89 Å². The molecule has 3 aromatic rings. The summed E-state index contributed by atoms with van der Waals surface area (Å²) >= 11 is 0. The smallest absolute Gasteiger partial charge is 0.320 e. The number of ether oxygens (including phenoxy) is 1. The highest BCUT2D eigenvalue weighted by Crippen LogP contribution is 2.25. The highest BCUT2D eigenvalue weighted by Gasteiger charge is 2.16. The van der Waals surface area contributed by atoms with E-state index in [9.17, 15) is 4.79 Å². The van der Waals surface area contributed by atoms with Crippen LogP contribution in [0.5, 0.6) is 0 Å². The monoisotopic (exact) mass is 423 g/mol. The van der Waals surface area contributed by atoms with Crippen molar-refractivity contribution in [2.24, 2.45) is 5.41 Å². The minimum absolute atomic E-state index is 0.0361. The van der Waals surface area contributed by atoms with Crippen molar-refractivity contribution >= 4 is 17.7 Å². The summed E-state index contributed by atoms with van der Waals surface area (Å²) in [4.78, 5) is 10.5. The van der Waals surface area contributed by atoms with E-state index in [4.69, 9.17) is 14.3 Å². The molecule has 31 heavy (non-hydrogen) atoms. The fourth-order valence-electron chi connectivity index (χ4n) is 3.01. The van der Waals surface area contributed by atoms with Gasteiger partial charge in [-0.15, -0.1) is 5.10 Å². The number of nitrogens with zero attached hydrogens (tertiary/aromatic N) is 2. The van der Waals surface area contributed by atoms with Crippen molar-refractivity contribution in [3.05, 3.63) is 60.0 Å². The lowest BCUT2D eigenvalue weighted by molar-refractivity contribution is -0.138. The highest BCUT2D eigenvalue weighted by molar-refractivity contribution is 5.67. The molecular formula is C24H29N3O4. The van der Waals surface area contributed by atoms with Gasteiger partial charge in [0.15, 0.2) is 0 Å². The van der Waals surface area contributed by atoms with Crippen LogP contribution in [0.15, 0.2) is 52.9 Å². The molecule has 7 nitrogen and oxygen atoms in total. The fraction of sp³-hybridized carbons (Fsp3) is 0.375. The summed E-state index contributed by atoms with van der Waals surface area (Å²) in [5.41, 5.74) is 4.35. The number of carbonyl (C=O) groups is 1. The number of aromatic nitrogens is 2. The molecule has 0 aliphatic carbocycles. The molecule has 0 saturated carbocycles. The van der Waals surface area contributed by atoms with Crippen LogP contribution in [0.3, 0.4) is 0 Å². The van der Waals surface area contributed by atoms with E-state index >= 15 is 0 Å². The molecule has 164 valence electrons. The van der Waals surface area contributed by atoms with Crippen LogP contribution < -0.4 is 5.32 Å². The Morgan fingerprint density at radius 2 is 1.65 bits per heavy atom. The van der Waals surface area contributed by atoms with Crippen molar-refractivity contribution in [3.8, 4) is 11.1 Å². The van der Waals surface area contributed by atoms with Gasteiger partial charge in [-0.1, -0.05) is 62.3 Å². The Bertz CT molecular complexity index is 973. The first-order valence-corrected chi connectivity index (χ1v) is 10.4. The predicted molar refractivity (Wildman–Crippen MR) is 119 cm³/mol. The summed E-state index contributed by atoms with van der Waals surface area (Å²) in [6, 6.07) is 16.7. The molecule has 0 aliphatic rings. The lowest BCUT2D eigenvalue weighted by Crippen LogP contribution is -2.09. The van der Waals surface area contributed by atoms with Crippen LogP contribution in [0, 0.1) is 5.41 Å². The summed E-state index contributed by atoms with van der Waals surface area (Å²) in [7, 11) is 0. The zero-order chi connectivity index (χ0) is 22.3. The van der Waals surface area contributed by atoms with Gasteiger partial charge >= 0.3 is 12.0 Å². The molecule has 0 spiro atoms. The lowest BCUT2D eigenvalue weighted by atomic mass is 9.92. The maximum Gasteiger partial charge on any atom is 0.320 e. The second-order valence-electron chi connectivity index (χ2n) is 8.64. The zero-order valence-corrected chi connectivity index (χ0v) is 18.2. The number of carboxylic acids is 1. The molecule has 2 N–H and O–H groups in total. The molecular weight excluding hydrogens is 394 g/mol. The van der Waals surface area contributed by atoms with E-state index in [0.717, 1.165) is 35.2 Å². The van der Waals surface area contributed by atoms with E-state index in [2.05, 4.69) is 60.6 Å². The van der Waals surface area contributed by atoms with Crippen LogP contribution in [0.25, 0.3) is 11.1 Å². The first-order chi connectivity index (χ1) is 14.8. The van der Waals surface area contributed by atoms with E-state index in [1.54, 1.807) is 0 Å².